The lowest BCUT2D eigenvalue weighted by Crippen LogP contribution is -2.39. The van der Waals surface area contributed by atoms with Crippen LogP contribution in [0.5, 0.6) is 0 Å². The van der Waals surface area contributed by atoms with Crippen LogP contribution in [0.3, 0.4) is 0 Å². The van der Waals surface area contributed by atoms with E-state index in [9.17, 15) is 4.79 Å². The molecule has 0 aromatic carbocycles. The molecule has 21 heavy (non-hydrogen) atoms. The zero-order valence-corrected chi connectivity index (χ0v) is 12.3. The highest BCUT2D eigenvalue weighted by Gasteiger charge is 2.42. The highest BCUT2D eigenvalue weighted by molar-refractivity contribution is 5.81. The molecule has 2 aliphatic rings. The average Bonchev–Trinajstić information content (AvgIpc) is 3.10. The molecule has 1 amide bonds. The third kappa shape index (κ3) is 2.20. The van der Waals surface area contributed by atoms with Crippen LogP contribution >= 0.6 is 0 Å². The maximum atomic E-state index is 12.3. The van der Waals surface area contributed by atoms with E-state index in [4.69, 9.17) is 0 Å². The smallest absolute Gasteiger partial charge is 0.225 e. The largest absolute Gasteiger partial charge is 0.342 e. The normalized spacial score (nSPS) is 26.2. The Morgan fingerprint density at radius 2 is 2.00 bits per heavy atom. The van der Waals surface area contributed by atoms with Crippen molar-refractivity contribution in [1.29, 1.82) is 0 Å². The summed E-state index contributed by atoms with van der Waals surface area (Å²) in [7, 11) is 0. The molecule has 0 radical (unpaired) electrons. The molecule has 2 aromatic heterocycles. The Kier molecular flexibility index (Phi) is 2.94. The number of carbonyl (C=O) groups is 1. The number of fused-ring (bicyclic) bond motifs is 1. The number of nitrogens with zero attached hydrogens (tertiary/aromatic N) is 4. The van der Waals surface area contributed by atoms with Gasteiger partial charge in [0.15, 0.2) is 5.65 Å². The molecule has 0 N–H and O–H groups in total. The highest BCUT2D eigenvalue weighted by Crippen LogP contribution is 2.40. The van der Waals surface area contributed by atoms with Crippen LogP contribution in [0.4, 0.5) is 0 Å². The van der Waals surface area contributed by atoms with Gasteiger partial charge < -0.3 is 4.90 Å². The van der Waals surface area contributed by atoms with Gasteiger partial charge in [-0.25, -0.2) is 0 Å². The summed E-state index contributed by atoms with van der Waals surface area (Å²) in [5, 5.41) is 8.59. The lowest BCUT2D eigenvalue weighted by atomic mass is 9.95. The van der Waals surface area contributed by atoms with Crippen molar-refractivity contribution in [3.05, 3.63) is 30.2 Å². The van der Waals surface area contributed by atoms with Gasteiger partial charge in [0.1, 0.15) is 5.82 Å². The number of hydrogen-bond donors (Lipinski definition) is 0. The number of rotatable bonds is 2. The maximum Gasteiger partial charge on any atom is 0.225 e. The molecule has 5 heteroatoms. The standard InChI is InChI=1S/C16H20N4O/c1-11-10-13(11)16(21)19-8-5-12(6-9-19)15-18-17-14-4-2-3-7-20(14)15/h2-4,7,11-13H,5-6,8-10H2,1H3. The van der Waals surface area contributed by atoms with Crippen LogP contribution < -0.4 is 0 Å². The summed E-state index contributed by atoms with van der Waals surface area (Å²) < 4.78 is 2.07. The van der Waals surface area contributed by atoms with Crippen LogP contribution in [-0.4, -0.2) is 38.5 Å². The van der Waals surface area contributed by atoms with Gasteiger partial charge in [0.25, 0.3) is 0 Å². The van der Waals surface area contributed by atoms with E-state index in [1.165, 1.54) is 0 Å². The predicted molar refractivity (Wildman–Crippen MR) is 78.8 cm³/mol. The summed E-state index contributed by atoms with van der Waals surface area (Å²) in [5.41, 5.74) is 0.901. The van der Waals surface area contributed by atoms with Gasteiger partial charge in [0.05, 0.1) is 0 Å². The van der Waals surface area contributed by atoms with Gasteiger partial charge in [-0.3, -0.25) is 9.20 Å². The highest BCUT2D eigenvalue weighted by atomic mass is 16.2. The van der Waals surface area contributed by atoms with Crippen LogP contribution in [0.25, 0.3) is 5.65 Å². The third-order valence-electron chi connectivity index (χ3n) is 4.94. The molecule has 1 saturated carbocycles. The summed E-state index contributed by atoms with van der Waals surface area (Å²) in [5.74, 6) is 2.71. The van der Waals surface area contributed by atoms with Gasteiger partial charge in [0.2, 0.25) is 5.91 Å². The van der Waals surface area contributed by atoms with Crippen molar-refractivity contribution >= 4 is 11.6 Å². The Hall–Kier alpha value is -1.91. The summed E-state index contributed by atoms with van der Waals surface area (Å²) in [4.78, 5) is 14.3. The molecular formula is C16H20N4O. The fourth-order valence-electron chi connectivity index (χ4n) is 3.40. The minimum Gasteiger partial charge on any atom is -0.342 e. The van der Waals surface area contributed by atoms with E-state index in [1.54, 1.807) is 0 Å². The molecule has 3 heterocycles. The molecule has 0 spiro atoms. The molecule has 2 fully saturated rings. The van der Waals surface area contributed by atoms with Crippen molar-refractivity contribution in [3.63, 3.8) is 0 Å². The SMILES string of the molecule is CC1CC1C(=O)N1CCC(c2nnc3ccccn23)CC1. The second-order valence-electron chi connectivity index (χ2n) is 6.41. The second-order valence-corrected chi connectivity index (χ2v) is 6.41. The van der Waals surface area contributed by atoms with Gasteiger partial charge in [-0.1, -0.05) is 13.0 Å². The van der Waals surface area contributed by atoms with E-state index >= 15 is 0 Å². The van der Waals surface area contributed by atoms with Crippen molar-refractivity contribution < 1.29 is 4.79 Å². The minimum atomic E-state index is 0.301. The van der Waals surface area contributed by atoms with Crippen LogP contribution in [0.2, 0.25) is 0 Å². The Morgan fingerprint density at radius 1 is 1.24 bits per heavy atom. The van der Waals surface area contributed by atoms with Crippen molar-refractivity contribution in [2.45, 2.75) is 32.1 Å². The Bertz CT molecular complexity index is 672. The number of carbonyl (C=O) groups excluding carboxylic acids is 1. The fraction of sp³-hybridized carbons (Fsp3) is 0.562. The van der Waals surface area contributed by atoms with E-state index in [-0.39, 0.29) is 0 Å². The molecule has 4 rings (SSSR count). The Morgan fingerprint density at radius 3 is 2.71 bits per heavy atom. The lowest BCUT2D eigenvalue weighted by molar-refractivity contribution is -0.133. The summed E-state index contributed by atoms with van der Waals surface area (Å²) in [6.45, 7) is 3.88. The second kappa shape index (κ2) is 4.83. The first-order chi connectivity index (χ1) is 10.2. The summed E-state index contributed by atoms with van der Waals surface area (Å²) in [6, 6.07) is 5.96. The molecule has 2 aromatic rings. The topological polar surface area (TPSA) is 50.5 Å². The minimum absolute atomic E-state index is 0.301. The van der Waals surface area contributed by atoms with Gasteiger partial charge in [0, 0.05) is 31.1 Å². The number of likely N-dealkylation sites (tertiary alicyclic amines) is 1. The first-order valence-electron chi connectivity index (χ1n) is 7.82. The molecule has 2 atom stereocenters. The number of piperidine rings is 1. The molecular weight excluding hydrogens is 264 g/mol. The molecule has 110 valence electrons. The zero-order valence-electron chi connectivity index (χ0n) is 12.3. The summed E-state index contributed by atoms with van der Waals surface area (Å²) in [6.07, 6.45) is 5.08. The van der Waals surface area contributed by atoms with Crippen LogP contribution in [0.1, 0.15) is 37.9 Å². The third-order valence-corrected chi connectivity index (χ3v) is 4.94. The van der Waals surface area contributed by atoms with E-state index < -0.39 is 0 Å². The van der Waals surface area contributed by atoms with E-state index in [2.05, 4.69) is 21.5 Å². The fourth-order valence-corrected chi connectivity index (χ4v) is 3.40. The molecule has 0 bridgehead atoms. The van der Waals surface area contributed by atoms with Gasteiger partial charge in [-0.15, -0.1) is 10.2 Å². The van der Waals surface area contributed by atoms with Crippen LogP contribution in [-0.2, 0) is 4.79 Å². The zero-order chi connectivity index (χ0) is 14.4. The van der Waals surface area contributed by atoms with Gasteiger partial charge in [-0.2, -0.15) is 0 Å². The molecule has 5 nitrogen and oxygen atoms in total. The number of amides is 1. The molecule has 1 aliphatic carbocycles. The number of aromatic nitrogens is 3. The lowest BCUT2D eigenvalue weighted by Gasteiger charge is -2.31. The molecule has 1 aliphatic heterocycles. The van der Waals surface area contributed by atoms with Crippen molar-refractivity contribution in [2.75, 3.05) is 13.1 Å². The van der Waals surface area contributed by atoms with E-state index in [0.29, 0.717) is 23.7 Å². The predicted octanol–water partition coefficient (Wildman–Crippen LogP) is 2.09. The van der Waals surface area contributed by atoms with Crippen LogP contribution in [0, 0.1) is 11.8 Å². The first kappa shape index (κ1) is 12.8. The average molecular weight is 284 g/mol. The molecule has 1 saturated heterocycles. The monoisotopic (exact) mass is 284 g/mol. The van der Waals surface area contributed by atoms with Crippen molar-refractivity contribution in [2.24, 2.45) is 11.8 Å². The summed E-state index contributed by atoms with van der Waals surface area (Å²) >= 11 is 0. The van der Waals surface area contributed by atoms with Crippen molar-refractivity contribution in [1.82, 2.24) is 19.5 Å². The number of pyridine rings is 1. The van der Waals surface area contributed by atoms with E-state index in [1.807, 2.05) is 29.3 Å². The Labute approximate surface area is 124 Å². The first-order valence-corrected chi connectivity index (χ1v) is 7.82. The quantitative estimate of drug-likeness (QED) is 0.848. The van der Waals surface area contributed by atoms with Gasteiger partial charge in [-0.05, 0) is 37.3 Å². The van der Waals surface area contributed by atoms with Gasteiger partial charge >= 0.3 is 0 Å². The van der Waals surface area contributed by atoms with E-state index in [0.717, 1.165) is 43.8 Å². The molecule has 2 unspecified atom stereocenters. The Balaban J connectivity index is 1.46. The van der Waals surface area contributed by atoms with Crippen LogP contribution in [0.15, 0.2) is 24.4 Å². The number of hydrogen-bond acceptors (Lipinski definition) is 3. The maximum absolute atomic E-state index is 12.3. The van der Waals surface area contributed by atoms with Crippen molar-refractivity contribution in [3.8, 4) is 0 Å².